The lowest BCUT2D eigenvalue weighted by atomic mass is 9.92. The van der Waals surface area contributed by atoms with Gasteiger partial charge in [0, 0.05) is 6.42 Å². The zero-order chi connectivity index (χ0) is 11.1. The maximum Gasteiger partial charge on any atom is 0.326 e. The minimum absolute atomic E-state index is 0.0868. The molecule has 1 unspecified atom stereocenters. The van der Waals surface area contributed by atoms with Gasteiger partial charge in [0.25, 0.3) is 0 Å². The number of hydrogen-bond donors (Lipinski definition) is 1. The summed E-state index contributed by atoms with van der Waals surface area (Å²) in [5.74, 6) is -1.98. The normalized spacial score (nSPS) is 22.6. The van der Waals surface area contributed by atoms with Gasteiger partial charge in [-0.3, -0.25) is 14.5 Å². The Bertz CT molecular complexity index is 308. The van der Waals surface area contributed by atoms with E-state index in [9.17, 15) is 14.4 Å². The fraction of sp³-hybridized carbons (Fsp3) is 0.667. The average Bonchev–Trinajstić information content (AvgIpc) is 2.21. The van der Waals surface area contributed by atoms with Crippen LogP contribution in [0, 0.1) is 5.41 Å². The SMILES string of the molecule is CC(C(=O)O)N1C(=O)CC(C)(C)C1=O. The molecule has 1 fully saturated rings. The highest BCUT2D eigenvalue weighted by molar-refractivity contribution is 6.07. The summed E-state index contributed by atoms with van der Waals surface area (Å²) in [5, 5.41) is 8.70. The number of aliphatic carboxylic acids is 1. The summed E-state index contributed by atoms with van der Waals surface area (Å²) in [6.45, 7) is 4.61. The first kappa shape index (κ1) is 10.7. The van der Waals surface area contributed by atoms with Gasteiger partial charge in [0.2, 0.25) is 11.8 Å². The molecule has 0 aliphatic carbocycles. The summed E-state index contributed by atoms with van der Waals surface area (Å²) in [4.78, 5) is 34.5. The number of rotatable bonds is 2. The van der Waals surface area contributed by atoms with Crippen molar-refractivity contribution < 1.29 is 19.5 Å². The van der Waals surface area contributed by atoms with Crippen molar-refractivity contribution in [3.8, 4) is 0 Å². The summed E-state index contributed by atoms with van der Waals surface area (Å²) in [6, 6.07) is -1.07. The van der Waals surface area contributed by atoms with Crippen LogP contribution in [0.2, 0.25) is 0 Å². The van der Waals surface area contributed by atoms with E-state index in [2.05, 4.69) is 0 Å². The van der Waals surface area contributed by atoms with Crippen LogP contribution in [-0.4, -0.2) is 33.8 Å². The minimum atomic E-state index is -1.16. The molecule has 78 valence electrons. The van der Waals surface area contributed by atoms with Crippen molar-refractivity contribution in [2.24, 2.45) is 5.41 Å². The third kappa shape index (κ3) is 1.49. The zero-order valence-electron chi connectivity index (χ0n) is 8.40. The van der Waals surface area contributed by atoms with Crippen LogP contribution < -0.4 is 0 Å². The van der Waals surface area contributed by atoms with Crippen molar-refractivity contribution in [3.63, 3.8) is 0 Å². The number of amides is 2. The monoisotopic (exact) mass is 199 g/mol. The molecule has 14 heavy (non-hydrogen) atoms. The summed E-state index contributed by atoms with van der Waals surface area (Å²) in [7, 11) is 0. The molecule has 0 aromatic rings. The molecular formula is C9H13NO4. The standard InChI is InChI=1S/C9H13NO4/c1-5(7(12)13)10-6(11)4-9(2,3)8(10)14/h5H,4H2,1-3H3,(H,12,13). The van der Waals surface area contributed by atoms with E-state index in [1.165, 1.54) is 6.92 Å². The molecule has 1 atom stereocenters. The maximum absolute atomic E-state index is 11.6. The Morgan fingerprint density at radius 1 is 1.50 bits per heavy atom. The summed E-state index contributed by atoms with van der Waals surface area (Å²) < 4.78 is 0. The van der Waals surface area contributed by atoms with Crippen LogP contribution >= 0.6 is 0 Å². The van der Waals surface area contributed by atoms with Gasteiger partial charge in [-0.2, -0.15) is 0 Å². The van der Waals surface area contributed by atoms with E-state index in [1.54, 1.807) is 13.8 Å². The predicted molar refractivity (Wildman–Crippen MR) is 47.3 cm³/mol. The number of carbonyl (C=O) groups excluding carboxylic acids is 2. The molecule has 1 N–H and O–H groups in total. The van der Waals surface area contributed by atoms with Gasteiger partial charge in [-0.15, -0.1) is 0 Å². The largest absolute Gasteiger partial charge is 0.480 e. The highest BCUT2D eigenvalue weighted by Crippen LogP contribution is 2.32. The number of nitrogens with zero attached hydrogens (tertiary/aromatic N) is 1. The van der Waals surface area contributed by atoms with Crippen molar-refractivity contribution in [3.05, 3.63) is 0 Å². The van der Waals surface area contributed by atoms with Gasteiger partial charge in [-0.1, -0.05) is 13.8 Å². The van der Waals surface area contributed by atoms with Crippen molar-refractivity contribution in [2.75, 3.05) is 0 Å². The van der Waals surface area contributed by atoms with E-state index in [1.807, 2.05) is 0 Å². The topological polar surface area (TPSA) is 74.7 Å². The lowest BCUT2D eigenvalue weighted by Gasteiger charge is -2.21. The van der Waals surface area contributed by atoms with Crippen LogP contribution in [-0.2, 0) is 14.4 Å². The molecule has 5 nitrogen and oxygen atoms in total. The van der Waals surface area contributed by atoms with Gasteiger partial charge in [0.05, 0.1) is 5.41 Å². The van der Waals surface area contributed by atoms with Crippen molar-refractivity contribution in [1.29, 1.82) is 0 Å². The molecule has 1 aliphatic rings. The van der Waals surface area contributed by atoms with E-state index in [0.717, 1.165) is 4.90 Å². The second-order valence-electron chi connectivity index (χ2n) is 4.14. The smallest absolute Gasteiger partial charge is 0.326 e. The molecule has 0 aromatic carbocycles. The van der Waals surface area contributed by atoms with E-state index < -0.39 is 29.2 Å². The van der Waals surface area contributed by atoms with Crippen LogP contribution in [0.15, 0.2) is 0 Å². The second-order valence-corrected chi connectivity index (χ2v) is 4.14. The first-order valence-electron chi connectivity index (χ1n) is 4.36. The highest BCUT2D eigenvalue weighted by atomic mass is 16.4. The number of carbonyl (C=O) groups is 3. The number of imide groups is 1. The van der Waals surface area contributed by atoms with Crippen LogP contribution in [0.4, 0.5) is 0 Å². The molecule has 1 saturated heterocycles. The molecule has 2 amide bonds. The minimum Gasteiger partial charge on any atom is -0.480 e. The van der Waals surface area contributed by atoms with Gasteiger partial charge < -0.3 is 5.11 Å². The zero-order valence-corrected chi connectivity index (χ0v) is 8.40. The van der Waals surface area contributed by atoms with E-state index >= 15 is 0 Å². The molecule has 0 radical (unpaired) electrons. The Morgan fingerprint density at radius 2 is 2.00 bits per heavy atom. The van der Waals surface area contributed by atoms with Crippen molar-refractivity contribution >= 4 is 17.8 Å². The fourth-order valence-electron chi connectivity index (χ4n) is 1.48. The summed E-state index contributed by atoms with van der Waals surface area (Å²) in [5.41, 5.74) is -0.763. The Morgan fingerprint density at radius 3 is 2.29 bits per heavy atom. The molecule has 1 rings (SSSR count). The third-order valence-corrected chi connectivity index (χ3v) is 2.40. The Labute approximate surface area is 81.7 Å². The first-order chi connectivity index (χ1) is 6.27. The number of hydrogen-bond acceptors (Lipinski definition) is 3. The molecule has 5 heteroatoms. The van der Waals surface area contributed by atoms with Crippen LogP contribution in [0.5, 0.6) is 0 Å². The van der Waals surface area contributed by atoms with Gasteiger partial charge in [-0.05, 0) is 6.92 Å². The van der Waals surface area contributed by atoms with Crippen LogP contribution in [0.25, 0.3) is 0 Å². The Balaban J connectivity index is 2.97. The maximum atomic E-state index is 11.6. The van der Waals surface area contributed by atoms with E-state index in [4.69, 9.17) is 5.11 Å². The molecule has 1 aliphatic heterocycles. The molecule has 0 spiro atoms. The second kappa shape index (κ2) is 3.08. The van der Waals surface area contributed by atoms with Gasteiger partial charge in [-0.25, -0.2) is 4.79 Å². The lowest BCUT2D eigenvalue weighted by molar-refractivity contribution is -0.154. The number of carboxylic acids is 1. The molecule has 0 saturated carbocycles. The molecule has 0 aromatic heterocycles. The van der Waals surface area contributed by atoms with E-state index in [0.29, 0.717) is 0 Å². The fourth-order valence-corrected chi connectivity index (χ4v) is 1.48. The molecular weight excluding hydrogens is 186 g/mol. The predicted octanol–water partition coefficient (Wildman–Crippen LogP) is 0.245. The summed E-state index contributed by atoms with van der Waals surface area (Å²) in [6.07, 6.45) is 0.0868. The quantitative estimate of drug-likeness (QED) is 0.646. The van der Waals surface area contributed by atoms with Crippen molar-refractivity contribution in [1.82, 2.24) is 4.90 Å². The highest BCUT2D eigenvalue weighted by Gasteiger charge is 2.48. The van der Waals surface area contributed by atoms with Gasteiger partial charge >= 0.3 is 5.97 Å². The molecule has 1 heterocycles. The third-order valence-electron chi connectivity index (χ3n) is 2.40. The summed E-state index contributed by atoms with van der Waals surface area (Å²) >= 11 is 0. The first-order valence-corrected chi connectivity index (χ1v) is 4.36. The van der Waals surface area contributed by atoms with Crippen LogP contribution in [0.1, 0.15) is 27.2 Å². The van der Waals surface area contributed by atoms with Crippen molar-refractivity contribution in [2.45, 2.75) is 33.2 Å². The van der Waals surface area contributed by atoms with Gasteiger partial charge in [0.15, 0.2) is 0 Å². The lowest BCUT2D eigenvalue weighted by Crippen LogP contribution is -2.44. The average molecular weight is 199 g/mol. The number of likely N-dealkylation sites (tertiary alicyclic amines) is 1. The van der Waals surface area contributed by atoms with Crippen LogP contribution in [0.3, 0.4) is 0 Å². The van der Waals surface area contributed by atoms with Gasteiger partial charge in [0.1, 0.15) is 6.04 Å². The molecule has 0 bridgehead atoms. The number of carboxylic acid groups (broad SMARTS) is 1. The van der Waals surface area contributed by atoms with E-state index in [-0.39, 0.29) is 6.42 Å². The Hall–Kier alpha value is -1.39. The Kier molecular flexibility index (Phi) is 2.35.